The van der Waals surface area contributed by atoms with Gasteiger partial charge in [-0.15, -0.1) is 0 Å². The molecule has 1 aromatic heterocycles. The average molecular weight is 324 g/mol. The molecule has 0 radical (unpaired) electrons. The second-order valence-electron chi connectivity index (χ2n) is 5.35. The lowest BCUT2D eigenvalue weighted by Gasteiger charge is -2.11. The Balaban J connectivity index is 1.76. The number of aromatic nitrogens is 2. The molecule has 5 nitrogen and oxygen atoms in total. The smallest absolute Gasteiger partial charge is 0.221 e. The van der Waals surface area contributed by atoms with E-state index in [0.717, 1.165) is 29.7 Å². The van der Waals surface area contributed by atoms with Crippen molar-refractivity contribution in [1.29, 1.82) is 0 Å². The van der Waals surface area contributed by atoms with Gasteiger partial charge in [-0.25, -0.2) is 0 Å². The highest BCUT2D eigenvalue weighted by Crippen LogP contribution is 2.24. The van der Waals surface area contributed by atoms with Crippen molar-refractivity contribution in [2.45, 2.75) is 19.4 Å². The zero-order chi connectivity index (χ0) is 16.8. The Kier molecular flexibility index (Phi) is 5.11. The second kappa shape index (κ2) is 7.64. The van der Waals surface area contributed by atoms with Crippen molar-refractivity contribution < 1.29 is 14.2 Å². The maximum atomic E-state index is 5.82. The first-order chi connectivity index (χ1) is 11.8. The summed E-state index contributed by atoms with van der Waals surface area (Å²) in [4.78, 5) is 8.90. The number of allylic oxidation sites excluding steroid dienone is 4. The molecule has 5 heteroatoms. The van der Waals surface area contributed by atoms with Crippen LogP contribution < -0.4 is 14.2 Å². The van der Waals surface area contributed by atoms with E-state index in [0.29, 0.717) is 24.2 Å². The molecule has 0 aliphatic heterocycles. The Bertz CT molecular complexity index is 752. The number of methoxy groups -OCH3 is 2. The number of ether oxygens (including phenoxy) is 3. The molecule has 0 atom stereocenters. The summed E-state index contributed by atoms with van der Waals surface area (Å²) >= 11 is 0. The lowest BCUT2D eigenvalue weighted by Crippen LogP contribution is -2.03. The Morgan fingerprint density at radius 1 is 0.958 bits per heavy atom. The van der Waals surface area contributed by atoms with Crippen molar-refractivity contribution in [1.82, 2.24) is 9.97 Å². The maximum Gasteiger partial charge on any atom is 0.221 e. The largest absolute Gasteiger partial charge is 0.497 e. The highest BCUT2D eigenvalue weighted by Gasteiger charge is 2.10. The van der Waals surface area contributed by atoms with E-state index >= 15 is 0 Å². The van der Waals surface area contributed by atoms with Gasteiger partial charge in [-0.2, -0.15) is 9.97 Å². The first-order valence-electron chi connectivity index (χ1n) is 7.84. The van der Waals surface area contributed by atoms with E-state index in [9.17, 15) is 0 Å². The molecule has 0 saturated heterocycles. The average Bonchev–Trinajstić information content (AvgIpc) is 2.67. The molecule has 2 aromatic rings. The van der Waals surface area contributed by atoms with Crippen LogP contribution in [-0.4, -0.2) is 24.2 Å². The predicted octanol–water partition coefficient (Wildman–Crippen LogP) is 3.81. The third-order valence-electron chi connectivity index (χ3n) is 3.69. The number of benzene rings is 1. The van der Waals surface area contributed by atoms with Crippen molar-refractivity contribution in [2.24, 2.45) is 0 Å². The monoisotopic (exact) mass is 324 g/mol. The molecule has 1 aliphatic carbocycles. The summed E-state index contributed by atoms with van der Waals surface area (Å²) in [6.07, 6.45) is 8.33. The summed E-state index contributed by atoms with van der Waals surface area (Å²) in [6.45, 7) is 0.415. The Morgan fingerprint density at radius 3 is 2.42 bits per heavy atom. The van der Waals surface area contributed by atoms with Crippen LogP contribution in [0.15, 0.2) is 48.6 Å². The lowest BCUT2D eigenvalue weighted by atomic mass is 10.1. The normalized spacial score (nSPS) is 13.3. The highest BCUT2D eigenvalue weighted by molar-refractivity contribution is 5.70. The quantitative estimate of drug-likeness (QED) is 0.809. The van der Waals surface area contributed by atoms with Crippen LogP contribution in [-0.2, 0) is 6.61 Å². The zero-order valence-electron chi connectivity index (χ0n) is 13.9. The summed E-state index contributed by atoms with van der Waals surface area (Å²) in [5.41, 5.74) is 2.03. The number of hydrogen-bond acceptors (Lipinski definition) is 5. The number of rotatable bonds is 6. The van der Waals surface area contributed by atoms with Gasteiger partial charge in [0.25, 0.3) is 0 Å². The molecule has 1 heterocycles. The van der Waals surface area contributed by atoms with Gasteiger partial charge in [-0.3, -0.25) is 0 Å². The van der Waals surface area contributed by atoms with Gasteiger partial charge in [0.1, 0.15) is 12.4 Å². The Hall–Kier alpha value is -2.82. The Morgan fingerprint density at radius 2 is 1.75 bits per heavy atom. The molecule has 0 spiro atoms. The number of hydrogen-bond donors (Lipinski definition) is 0. The van der Waals surface area contributed by atoms with Crippen LogP contribution in [0.1, 0.15) is 24.2 Å². The molecular formula is C19H20N2O3. The summed E-state index contributed by atoms with van der Waals surface area (Å²) in [7, 11) is 3.24. The molecule has 3 rings (SSSR count). The van der Waals surface area contributed by atoms with Crippen molar-refractivity contribution in [2.75, 3.05) is 14.2 Å². The van der Waals surface area contributed by atoms with Crippen LogP contribution in [0.25, 0.3) is 5.57 Å². The minimum atomic E-state index is 0.415. The standard InChI is InChI=1S/C19H20N2O3/c1-22-16-10-8-14(9-11-16)13-24-18-12-17(23-2)20-19(21-18)15-6-4-3-5-7-15/h4,6-12H,3,5,13H2,1-2H3. The highest BCUT2D eigenvalue weighted by atomic mass is 16.5. The zero-order valence-corrected chi connectivity index (χ0v) is 13.9. The summed E-state index contributed by atoms with van der Waals surface area (Å²) in [6, 6.07) is 9.43. The van der Waals surface area contributed by atoms with Gasteiger partial charge < -0.3 is 14.2 Å². The van der Waals surface area contributed by atoms with E-state index in [2.05, 4.69) is 22.1 Å². The maximum absolute atomic E-state index is 5.82. The first kappa shape index (κ1) is 16.1. The fraction of sp³-hybridized carbons (Fsp3) is 0.263. The van der Waals surface area contributed by atoms with Crippen molar-refractivity contribution in [3.05, 3.63) is 59.9 Å². The third-order valence-corrected chi connectivity index (χ3v) is 3.69. The van der Waals surface area contributed by atoms with Crippen LogP contribution in [0.4, 0.5) is 0 Å². The van der Waals surface area contributed by atoms with Gasteiger partial charge in [-0.1, -0.05) is 30.4 Å². The van der Waals surface area contributed by atoms with Crippen LogP contribution >= 0.6 is 0 Å². The topological polar surface area (TPSA) is 53.5 Å². The first-order valence-corrected chi connectivity index (χ1v) is 7.84. The molecule has 24 heavy (non-hydrogen) atoms. The fourth-order valence-electron chi connectivity index (χ4n) is 2.37. The molecule has 0 N–H and O–H groups in total. The van der Waals surface area contributed by atoms with E-state index in [1.807, 2.05) is 30.3 Å². The van der Waals surface area contributed by atoms with Crippen molar-refractivity contribution in [3.8, 4) is 17.5 Å². The van der Waals surface area contributed by atoms with Gasteiger partial charge in [0.05, 0.1) is 20.3 Å². The summed E-state index contributed by atoms with van der Waals surface area (Å²) in [5.74, 6) is 2.42. The van der Waals surface area contributed by atoms with Crippen LogP contribution in [0.3, 0.4) is 0 Å². The molecule has 0 bridgehead atoms. The van der Waals surface area contributed by atoms with Crippen LogP contribution in [0.5, 0.6) is 17.5 Å². The third kappa shape index (κ3) is 3.93. The molecule has 124 valence electrons. The number of nitrogens with zero attached hydrogens (tertiary/aromatic N) is 2. The van der Waals surface area contributed by atoms with Gasteiger partial charge >= 0.3 is 0 Å². The van der Waals surface area contributed by atoms with Crippen molar-refractivity contribution >= 4 is 5.57 Å². The molecule has 0 amide bonds. The van der Waals surface area contributed by atoms with Crippen LogP contribution in [0, 0.1) is 0 Å². The minimum Gasteiger partial charge on any atom is -0.497 e. The van der Waals surface area contributed by atoms with Gasteiger partial charge in [0.15, 0.2) is 5.82 Å². The van der Waals surface area contributed by atoms with E-state index < -0.39 is 0 Å². The SMILES string of the molecule is COc1ccc(COc2cc(OC)nc(C3=CCCC=C3)n2)cc1. The second-order valence-corrected chi connectivity index (χ2v) is 5.35. The molecule has 0 unspecified atom stereocenters. The molecule has 1 aliphatic rings. The minimum absolute atomic E-state index is 0.415. The molecule has 0 fully saturated rings. The van der Waals surface area contributed by atoms with Gasteiger partial charge in [0.2, 0.25) is 11.8 Å². The van der Waals surface area contributed by atoms with E-state index in [1.165, 1.54) is 0 Å². The van der Waals surface area contributed by atoms with Gasteiger partial charge in [0, 0.05) is 5.57 Å². The predicted molar refractivity (Wildman–Crippen MR) is 92.3 cm³/mol. The summed E-state index contributed by atoms with van der Waals surface area (Å²) in [5, 5.41) is 0. The van der Waals surface area contributed by atoms with E-state index in [1.54, 1.807) is 20.3 Å². The van der Waals surface area contributed by atoms with E-state index in [-0.39, 0.29) is 0 Å². The Labute approximate surface area is 141 Å². The summed E-state index contributed by atoms with van der Waals surface area (Å²) < 4.78 is 16.2. The van der Waals surface area contributed by atoms with E-state index in [4.69, 9.17) is 14.2 Å². The lowest BCUT2D eigenvalue weighted by molar-refractivity contribution is 0.288. The molecule has 1 aromatic carbocycles. The van der Waals surface area contributed by atoms with Gasteiger partial charge in [-0.05, 0) is 30.5 Å². The molecular weight excluding hydrogens is 304 g/mol. The van der Waals surface area contributed by atoms with Crippen LogP contribution in [0.2, 0.25) is 0 Å². The molecule has 0 saturated carbocycles. The van der Waals surface area contributed by atoms with Crippen molar-refractivity contribution in [3.63, 3.8) is 0 Å². The fourth-order valence-corrected chi connectivity index (χ4v) is 2.37.